The van der Waals surface area contributed by atoms with Gasteiger partial charge in [0, 0.05) is 18.8 Å². The van der Waals surface area contributed by atoms with Crippen LogP contribution in [0.25, 0.3) is 0 Å². The van der Waals surface area contributed by atoms with Crippen LogP contribution in [-0.4, -0.2) is 68.1 Å². The standard InChI is InChI=1S/C14H30N2O4S/c1-12(2)15-14(3,13(17)18)8-6-7-9-16(4)10-11-21(5,19)20/h12,15H,6-11H2,1-5H3,(H,17,18). The van der Waals surface area contributed by atoms with E-state index in [9.17, 15) is 18.3 Å². The Hall–Kier alpha value is -0.660. The summed E-state index contributed by atoms with van der Waals surface area (Å²) in [5.41, 5.74) is -0.903. The van der Waals surface area contributed by atoms with Crippen LogP contribution in [0.5, 0.6) is 0 Å². The fraction of sp³-hybridized carbons (Fsp3) is 0.929. The van der Waals surface area contributed by atoms with Crippen LogP contribution in [0.3, 0.4) is 0 Å². The number of hydrogen-bond donors (Lipinski definition) is 2. The van der Waals surface area contributed by atoms with E-state index in [1.54, 1.807) is 6.92 Å². The van der Waals surface area contributed by atoms with Gasteiger partial charge in [-0.25, -0.2) is 8.42 Å². The molecule has 0 heterocycles. The van der Waals surface area contributed by atoms with E-state index >= 15 is 0 Å². The van der Waals surface area contributed by atoms with Crippen LogP contribution < -0.4 is 5.32 Å². The molecule has 0 radical (unpaired) electrons. The van der Waals surface area contributed by atoms with E-state index in [0.717, 1.165) is 19.4 Å². The molecule has 0 aromatic heterocycles. The van der Waals surface area contributed by atoms with Gasteiger partial charge < -0.3 is 10.0 Å². The molecule has 1 atom stereocenters. The highest BCUT2D eigenvalue weighted by Gasteiger charge is 2.32. The predicted molar refractivity (Wildman–Crippen MR) is 85.4 cm³/mol. The average molecular weight is 322 g/mol. The first kappa shape index (κ1) is 20.3. The van der Waals surface area contributed by atoms with E-state index in [2.05, 4.69) is 5.32 Å². The number of aliphatic carboxylic acids is 1. The Morgan fingerprint density at radius 2 is 1.86 bits per heavy atom. The zero-order chi connectivity index (χ0) is 16.7. The van der Waals surface area contributed by atoms with E-state index in [1.807, 2.05) is 25.8 Å². The van der Waals surface area contributed by atoms with Gasteiger partial charge in [0.1, 0.15) is 15.4 Å². The number of carboxylic acids is 1. The molecular formula is C14H30N2O4S. The lowest BCUT2D eigenvalue weighted by Gasteiger charge is -2.29. The number of carbonyl (C=O) groups is 1. The molecule has 0 saturated heterocycles. The summed E-state index contributed by atoms with van der Waals surface area (Å²) in [5, 5.41) is 12.4. The molecule has 0 rings (SSSR count). The van der Waals surface area contributed by atoms with Crippen molar-refractivity contribution < 1.29 is 18.3 Å². The number of rotatable bonds is 11. The lowest BCUT2D eigenvalue weighted by Crippen LogP contribution is -2.52. The summed E-state index contributed by atoms with van der Waals surface area (Å²) < 4.78 is 22.1. The van der Waals surface area contributed by atoms with Crippen LogP contribution in [0.15, 0.2) is 0 Å². The molecule has 0 aliphatic rings. The lowest BCUT2D eigenvalue weighted by molar-refractivity contribution is -0.144. The zero-order valence-corrected chi connectivity index (χ0v) is 14.7. The van der Waals surface area contributed by atoms with Crippen molar-refractivity contribution in [2.24, 2.45) is 0 Å². The van der Waals surface area contributed by atoms with Gasteiger partial charge >= 0.3 is 5.97 Å². The van der Waals surface area contributed by atoms with Crippen LogP contribution >= 0.6 is 0 Å². The Labute approximate surface area is 128 Å². The summed E-state index contributed by atoms with van der Waals surface area (Å²) in [4.78, 5) is 13.3. The first-order valence-electron chi connectivity index (χ1n) is 7.33. The van der Waals surface area contributed by atoms with Crippen molar-refractivity contribution in [1.82, 2.24) is 10.2 Å². The van der Waals surface area contributed by atoms with Crippen molar-refractivity contribution in [1.29, 1.82) is 0 Å². The Balaban J connectivity index is 4.09. The van der Waals surface area contributed by atoms with Crippen LogP contribution in [0.1, 0.15) is 40.0 Å². The minimum atomic E-state index is -2.93. The van der Waals surface area contributed by atoms with Gasteiger partial charge in [0.15, 0.2) is 0 Å². The molecule has 21 heavy (non-hydrogen) atoms. The number of carboxylic acid groups (broad SMARTS) is 1. The third-order valence-corrected chi connectivity index (χ3v) is 4.31. The fourth-order valence-corrected chi connectivity index (χ4v) is 2.82. The van der Waals surface area contributed by atoms with Crippen molar-refractivity contribution in [3.63, 3.8) is 0 Å². The van der Waals surface area contributed by atoms with Gasteiger partial charge in [-0.2, -0.15) is 0 Å². The zero-order valence-electron chi connectivity index (χ0n) is 13.8. The summed E-state index contributed by atoms with van der Waals surface area (Å²) in [5.74, 6) is -0.674. The lowest BCUT2D eigenvalue weighted by atomic mass is 9.94. The van der Waals surface area contributed by atoms with Crippen molar-refractivity contribution in [2.75, 3.05) is 32.1 Å². The first-order chi connectivity index (χ1) is 9.46. The molecule has 0 fully saturated rings. The Kier molecular flexibility index (Phi) is 8.43. The minimum Gasteiger partial charge on any atom is -0.480 e. The summed E-state index contributed by atoms with van der Waals surface area (Å²) in [7, 11) is -1.04. The molecule has 0 bridgehead atoms. The third kappa shape index (κ3) is 9.82. The van der Waals surface area contributed by atoms with Gasteiger partial charge in [0.2, 0.25) is 0 Å². The van der Waals surface area contributed by atoms with Gasteiger partial charge in [-0.05, 0) is 53.6 Å². The summed E-state index contributed by atoms with van der Waals surface area (Å²) in [6.45, 7) is 6.86. The quantitative estimate of drug-likeness (QED) is 0.551. The maximum Gasteiger partial charge on any atom is 0.323 e. The molecule has 6 nitrogen and oxygen atoms in total. The van der Waals surface area contributed by atoms with Crippen LogP contribution in [-0.2, 0) is 14.6 Å². The highest BCUT2D eigenvalue weighted by molar-refractivity contribution is 7.90. The monoisotopic (exact) mass is 322 g/mol. The van der Waals surface area contributed by atoms with Crippen LogP contribution in [0, 0.1) is 0 Å². The maximum absolute atomic E-state index is 11.4. The molecule has 0 aliphatic carbocycles. The normalized spacial score (nSPS) is 15.4. The molecule has 0 spiro atoms. The van der Waals surface area contributed by atoms with E-state index in [0.29, 0.717) is 13.0 Å². The predicted octanol–water partition coefficient (Wildman–Crippen LogP) is 0.974. The molecule has 1 unspecified atom stereocenters. The van der Waals surface area contributed by atoms with E-state index < -0.39 is 21.3 Å². The first-order valence-corrected chi connectivity index (χ1v) is 9.40. The van der Waals surface area contributed by atoms with Crippen molar-refractivity contribution in [3.8, 4) is 0 Å². The number of sulfone groups is 1. The molecule has 0 aromatic carbocycles. The third-order valence-electron chi connectivity index (χ3n) is 3.39. The van der Waals surface area contributed by atoms with Crippen LogP contribution in [0.4, 0.5) is 0 Å². The van der Waals surface area contributed by atoms with Crippen molar-refractivity contribution >= 4 is 15.8 Å². The molecule has 7 heteroatoms. The number of unbranched alkanes of at least 4 members (excludes halogenated alkanes) is 1. The van der Waals surface area contributed by atoms with E-state index in [4.69, 9.17) is 0 Å². The van der Waals surface area contributed by atoms with Gasteiger partial charge in [-0.1, -0.05) is 0 Å². The maximum atomic E-state index is 11.4. The topological polar surface area (TPSA) is 86.7 Å². The van der Waals surface area contributed by atoms with Gasteiger partial charge in [-0.3, -0.25) is 10.1 Å². The molecule has 0 aromatic rings. The number of hydrogen-bond acceptors (Lipinski definition) is 5. The second-order valence-corrected chi connectivity index (χ2v) is 8.59. The molecule has 2 N–H and O–H groups in total. The second kappa shape index (κ2) is 8.70. The van der Waals surface area contributed by atoms with Gasteiger partial charge in [0.25, 0.3) is 0 Å². The average Bonchev–Trinajstić information content (AvgIpc) is 2.30. The fourth-order valence-electron chi connectivity index (χ4n) is 2.17. The Morgan fingerprint density at radius 3 is 2.29 bits per heavy atom. The van der Waals surface area contributed by atoms with E-state index in [1.165, 1.54) is 6.26 Å². The molecule has 0 amide bonds. The van der Waals surface area contributed by atoms with E-state index in [-0.39, 0.29) is 11.8 Å². The highest BCUT2D eigenvalue weighted by Crippen LogP contribution is 2.15. The van der Waals surface area contributed by atoms with Crippen molar-refractivity contribution in [3.05, 3.63) is 0 Å². The van der Waals surface area contributed by atoms with Gasteiger partial charge in [-0.15, -0.1) is 0 Å². The summed E-state index contributed by atoms with van der Waals surface area (Å²) in [6.07, 6.45) is 3.42. The molecule has 0 saturated carbocycles. The summed E-state index contributed by atoms with van der Waals surface area (Å²) >= 11 is 0. The van der Waals surface area contributed by atoms with Crippen molar-refractivity contribution in [2.45, 2.75) is 51.6 Å². The molecular weight excluding hydrogens is 292 g/mol. The second-order valence-electron chi connectivity index (χ2n) is 6.33. The summed E-state index contributed by atoms with van der Waals surface area (Å²) in [6, 6.07) is 0.114. The minimum absolute atomic E-state index is 0.114. The number of nitrogens with one attached hydrogen (secondary N) is 1. The Bertz CT molecular complexity index is 423. The highest BCUT2D eigenvalue weighted by atomic mass is 32.2. The smallest absolute Gasteiger partial charge is 0.323 e. The largest absolute Gasteiger partial charge is 0.480 e. The molecule has 126 valence electrons. The Morgan fingerprint density at radius 1 is 1.29 bits per heavy atom. The van der Waals surface area contributed by atoms with Crippen LogP contribution in [0.2, 0.25) is 0 Å². The number of nitrogens with zero attached hydrogens (tertiary/aromatic N) is 1. The molecule has 0 aliphatic heterocycles. The SMILES string of the molecule is CC(C)NC(C)(CCCCN(C)CCS(C)(=O)=O)C(=O)O. The van der Waals surface area contributed by atoms with Gasteiger partial charge in [0.05, 0.1) is 5.75 Å².